The Hall–Kier alpha value is -0.810. The van der Waals surface area contributed by atoms with E-state index in [9.17, 15) is 9.90 Å². The molecular weight excluding hydrogens is 278 g/mol. The Morgan fingerprint density at radius 1 is 1.09 bits per heavy atom. The standard InChI is InChI=1S/C17H33N3O2/c1-16(2,19-10-6-5-7-11-19)13-18-15(21)20-12-8-9-14(20)17(3,4)22/h14,22H,5-13H2,1-4H3,(H,18,21)/t14-/m0/s1. The Bertz CT molecular complexity index is 384. The smallest absolute Gasteiger partial charge is 0.317 e. The Kier molecular flexibility index (Phi) is 5.38. The number of nitrogens with zero attached hydrogens (tertiary/aromatic N) is 2. The molecule has 0 saturated carbocycles. The third kappa shape index (κ3) is 4.13. The fraction of sp³-hybridized carbons (Fsp3) is 0.941. The largest absolute Gasteiger partial charge is 0.388 e. The summed E-state index contributed by atoms with van der Waals surface area (Å²) in [4.78, 5) is 16.8. The molecule has 2 aliphatic rings. The normalized spacial score (nSPS) is 24.6. The Labute approximate surface area is 135 Å². The molecule has 5 heteroatoms. The number of amides is 2. The van der Waals surface area contributed by atoms with Gasteiger partial charge in [-0.3, -0.25) is 4.90 Å². The van der Waals surface area contributed by atoms with Gasteiger partial charge < -0.3 is 15.3 Å². The number of piperidine rings is 1. The summed E-state index contributed by atoms with van der Waals surface area (Å²) in [6, 6.07) is -0.111. The number of aliphatic hydroxyl groups is 1. The third-order valence-corrected chi connectivity index (χ3v) is 5.21. The van der Waals surface area contributed by atoms with Crippen molar-refractivity contribution in [3.05, 3.63) is 0 Å². The molecule has 5 nitrogen and oxygen atoms in total. The van der Waals surface area contributed by atoms with Gasteiger partial charge in [0.15, 0.2) is 0 Å². The van der Waals surface area contributed by atoms with Gasteiger partial charge in [0.05, 0.1) is 11.6 Å². The minimum Gasteiger partial charge on any atom is -0.388 e. The van der Waals surface area contributed by atoms with Gasteiger partial charge in [-0.2, -0.15) is 0 Å². The lowest BCUT2D eigenvalue weighted by molar-refractivity contribution is 0.00907. The zero-order chi connectivity index (χ0) is 16.4. The predicted molar refractivity (Wildman–Crippen MR) is 88.9 cm³/mol. The molecule has 2 amide bonds. The van der Waals surface area contributed by atoms with Gasteiger partial charge in [0.25, 0.3) is 0 Å². The molecule has 0 radical (unpaired) electrons. The maximum atomic E-state index is 12.5. The van der Waals surface area contributed by atoms with Crippen LogP contribution < -0.4 is 5.32 Å². The van der Waals surface area contributed by atoms with E-state index in [1.54, 1.807) is 13.8 Å². The topological polar surface area (TPSA) is 55.8 Å². The van der Waals surface area contributed by atoms with Crippen molar-refractivity contribution in [2.24, 2.45) is 0 Å². The molecule has 0 aromatic rings. The summed E-state index contributed by atoms with van der Waals surface area (Å²) < 4.78 is 0. The second-order valence-electron chi connectivity index (χ2n) is 8.02. The molecule has 2 saturated heterocycles. The summed E-state index contributed by atoms with van der Waals surface area (Å²) >= 11 is 0. The molecule has 128 valence electrons. The lowest BCUT2D eigenvalue weighted by atomic mass is 9.97. The van der Waals surface area contributed by atoms with Gasteiger partial charge in [-0.05, 0) is 66.5 Å². The second kappa shape index (κ2) is 6.75. The van der Waals surface area contributed by atoms with Gasteiger partial charge in [-0.1, -0.05) is 6.42 Å². The Balaban J connectivity index is 1.89. The van der Waals surface area contributed by atoms with E-state index in [-0.39, 0.29) is 17.6 Å². The maximum Gasteiger partial charge on any atom is 0.317 e. The minimum atomic E-state index is -0.837. The first-order valence-corrected chi connectivity index (χ1v) is 8.74. The zero-order valence-electron chi connectivity index (χ0n) is 14.7. The predicted octanol–water partition coefficient (Wildman–Crippen LogP) is 2.20. The first-order chi connectivity index (χ1) is 10.2. The van der Waals surface area contributed by atoms with Gasteiger partial charge in [-0.15, -0.1) is 0 Å². The van der Waals surface area contributed by atoms with Crippen LogP contribution in [0.4, 0.5) is 4.79 Å². The van der Waals surface area contributed by atoms with Crippen LogP contribution in [0.25, 0.3) is 0 Å². The molecule has 22 heavy (non-hydrogen) atoms. The summed E-state index contributed by atoms with van der Waals surface area (Å²) in [6.45, 7) is 11.6. The summed E-state index contributed by atoms with van der Waals surface area (Å²) in [6.07, 6.45) is 5.68. The quantitative estimate of drug-likeness (QED) is 0.837. The van der Waals surface area contributed by atoms with Crippen LogP contribution in [0.2, 0.25) is 0 Å². The van der Waals surface area contributed by atoms with Crippen LogP contribution in [0, 0.1) is 0 Å². The van der Waals surface area contributed by atoms with Gasteiger partial charge >= 0.3 is 6.03 Å². The van der Waals surface area contributed by atoms with Gasteiger partial charge in [-0.25, -0.2) is 4.79 Å². The van der Waals surface area contributed by atoms with E-state index < -0.39 is 5.60 Å². The van der Waals surface area contributed by atoms with Gasteiger partial charge in [0, 0.05) is 18.6 Å². The van der Waals surface area contributed by atoms with Gasteiger partial charge in [0.1, 0.15) is 0 Å². The van der Waals surface area contributed by atoms with Crippen LogP contribution in [0.5, 0.6) is 0 Å². The highest BCUT2D eigenvalue weighted by molar-refractivity contribution is 5.75. The van der Waals surface area contributed by atoms with Crippen molar-refractivity contribution in [1.29, 1.82) is 0 Å². The van der Waals surface area contributed by atoms with E-state index in [0.717, 1.165) is 32.5 Å². The van der Waals surface area contributed by atoms with Crippen molar-refractivity contribution in [2.75, 3.05) is 26.2 Å². The number of rotatable bonds is 4. The summed E-state index contributed by atoms with van der Waals surface area (Å²) in [5.74, 6) is 0. The van der Waals surface area contributed by atoms with Crippen molar-refractivity contribution < 1.29 is 9.90 Å². The van der Waals surface area contributed by atoms with E-state index in [4.69, 9.17) is 0 Å². The molecule has 2 rings (SSSR count). The Morgan fingerprint density at radius 3 is 2.32 bits per heavy atom. The average molecular weight is 311 g/mol. The van der Waals surface area contributed by atoms with Crippen molar-refractivity contribution in [3.8, 4) is 0 Å². The van der Waals surface area contributed by atoms with Crippen LogP contribution in [0.1, 0.15) is 59.8 Å². The van der Waals surface area contributed by atoms with Crippen LogP contribution in [0.3, 0.4) is 0 Å². The molecule has 2 fully saturated rings. The van der Waals surface area contributed by atoms with E-state index in [0.29, 0.717) is 6.54 Å². The molecule has 2 heterocycles. The Morgan fingerprint density at radius 2 is 1.73 bits per heavy atom. The molecule has 0 aromatic heterocycles. The molecule has 0 bridgehead atoms. The summed E-state index contributed by atoms with van der Waals surface area (Å²) in [7, 11) is 0. The zero-order valence-corrected chi connectivity index (χ0v) is 14.7. The number of carbonyl (C=O) groups is 1. The monoisotopic (exact) mass is 311 g/mol. The third-order valence-electron chi connectivity index (χ3n) is 5.21. The fourth-order valence-corrected chi connectivity index (χ4v) is 3.75. The highest BCUT2D eigenvalue weighted by atomic mass is 16.3. The minimum absolute atomic E-state index is 0.0139. The lowest BCUT2D eigenvalue weighted by Gasteiger charge is -2.41. The first-order valence-electron chi connectivity index (χ1n) is 8.74. The average Bonchev–Trinajstić information content (AvgIpc) is 2.95. The number of carbonyl (C=O) groups excluding carboxylic acids is 1. The molecule has 0 spiro atoms. The SMILES string of the molecule is CC(C)(O)[C@@H]1CCCN1C(=O)NCC(C)(C)N1CCCCC1. The van der Waals surface area contributed by atoms with E-state index >= 15 is 0 Å². The van der Waals surface area contributed by atoms with E-state index in [1.165, 1.54) is 19.3 Å². The van der Waals surface area contributed by atoms with Crippen LogP contribution in [0.15, 0.2) is 0 Å². The second-order valence-corrected chi connectivity index (χ2v) is 8.02. The molecule has 0 aliphatic carbocycles. The number of urea groups is 1. The van der Waals surface area contributed by atoms with E-state index in [1.807, 2.05) is 4.90 Å². The summed E-state index contributed by atoms with van der Waals surface area (Å²) in [5.41, 5.74) is -0.851. The van der Waals surface area contributed by atoms with Crippen LogP contribution in [-0.2, 0) is 0 Å². The van der Waals surface area contributed by atoms with Crippen molar-refractivity contribution in [3.63, 3.8) is 0 Å². The number of nitrogens with one attached hydrogen (secondary N) is 1. The van der Waals surface area contributed by atoms with Gasteiger partial charge in [0.2, 0.25) is 0 Å². The molecule has 2 N–H and O–H groups in total. The maximum absolute atomic E-state index is 12.5. The van der Waals surface area contributed by atoms with Crippen LogP contribution in [-0.4, -0.2) is 64.3 Å². The number of likely N-dealkylation sites (tertiary alicyclic amines) is 2. The first kappa shape index (κ1) is 17.5. The molecule has 2 aliphatic heterocycles. The highest BCUT2D eigenvalue weighted by Gasteiger charge is 2.39. The molecular formula is C17H33N3O2. The number of hydrogen-bond donors (Lipinski definition) is 2. The highest BCUT2D eigenvalue weighted by Crippen LogP contribution is 2.27. The summed E-state index contributed by atoms with van der Waals surface area (Å²) in [5, 5.41) is 13.3. The fourth-order valence-electron chi connectivity index (χ4n) is 3.75. The molecule has 0 aromatic carbocycles. The lowest BCUT2D eigenvalue weighted by Crippen LogP contribution is -2.57. The van der Waals surface area contributed by atoms with Crippen molar-refractivity contribution in [2.45, 2.75) is 77.0 Å². The van der Waals surface area contributed by atoms with Crippen molar-refractivity contribution >= 4 is 6.03 Å². The van der Waals surface area contributed by atoms with E-state index in [2.05, 4.69) is 24.1 Å². The molecule has 1 atom stereocenters. The molecule has 0 unspecified atom stereocenters. The van der Waals surface area contributed by atoms with Crippen LogP contribution >= 0.6 is 0 Å². The number of hydrogen-bond acceptors (Lipinski definition) is 3. The van der Waals surface area contributed by atoms with Crippen molar-refractivity contribution in [1.82, 2.24) is 15.1 Å².